The molecule has 0 radical (unpaired) electrons. The summed E-state index contributed by atoms with van der Waals surface area (Å²) in [4.78, 5) is 10.6. The number of morpholine rings is 1. The molecule has 0 aliphatic carbocycles. The predicted octanol–water partition coefficient (Wildman–Crippen LogP) is 0.683. The number of ether oxygens (including phenoxy) is 1. The Morgan fingerprint density at radius 1 is 1.44 bits per heavy atom. The Bertz CT molecular complexity index is 452. The van der Waals surface area contributed by atoms with Crippen molar-refractivity contribution in [3.8, 4) is 0 Å². The van der Waals surface area contributed by atoms with Crippen LogP contribution in [0.5, 0.6) is 0 Å². The second-order valence-electron chi connectivity index (χ2n) is 4.73. The van der Waals surface area contributed by atoms with Gasteiger partial charge in [0.2, 0.25) is 0 Å². The maximum atomic E-state index is 7.61. The van der Waals surface area contributed by atoms with Gasteiger partial charge in [0.25, 0.3) is 0 Å². The molecule has 1 aliphatic heterocycles. The minimum Gasteiger partial charge on any atom is -0.384 e. The van der Waals surface area contributed by atoms with Gasteiger partial charge >= 0.3 is 0 Å². The van der Waals surface area contributed by atoms with Crippen LogP contribution in [0.2, 0.25) is 0 Å². The molecule has 0 unspecified atom stereocenters. The summed E-state index contributed by atoms with van der Waals surface area (Å²) >= 11 is 0. The third-order valence-corrected chi connectivity index (χ3v) is 2.90. The molecule has 1 aromatic heterocycles. The van der Waals surface area contributed by atoms with Gasteiger partial charge in [-0.15, -0.1) is 0 Å². The second-order valence-corrected chi connectivity index (χ2v) is 4.73. The zero-order valence-electron chi connectivity index (χ0n) is 11.0. The normalized spacial score (nSPS) is 24.1. The number of nitrogens with two attached hydrogens (primary N) is 1. The van der Waals surface area contributed by atoms with Gasteiger partial charge in [-0.1, -0.05) is 0 Å². The van der Waals surface area contributed by atoms with Crippen molar-refractivity contribution in [3.63, 3.8) is 0 Å². The summed E-state index contributed by atoms with van der Waals surface area (Å²) in [6, 6.07) is 0. The Kier molecular flexibility index (Phi) is 3.47. The van der Waals surface area contributed by atoms with E-state index >= 15 is 0 Å². The minimum absolute atomic E-state index is 0.00296. The maximum absolute atomic E-state index is 7.61. The molecule has 6 nitrogen and oxygen atoms in total. The molecule has 2 heterocycles. The van der Waals surface area contributed by atoms with Crippen molar-refractivity contribution in [1.82, 2.24) is 9.97 Å². The molecule has 0 spiro atoms. The van der Waals surface area contributed by atoms with Crippen molar-refractivity contribution < 1.29 is 4.74 Å². The zero-order chi connectivity index (χ0) is 13.3. The van der Waals surface area contributed by atoms with E-state index in [4.69, 9.17) is 15.9 Å². The van der Waals surface area contributed by atoms with Crippen molar-refractivity contribution in [2.75, 3.05) is 18.0 Å². The highest BCUT2D eigenvalue weighted by Gasteiger charge is 2.25. The Hall–Kier alpha value is -1.69. The first kappa shape index (κ1) is 12.8. The standard InChI is InChI=1S/C12H19N5O/c1-7-5-17(6-8(2)18-7)12-10(11(13)14)4-15-9(3)16-12/h4,7-8H,5-6H2,1-3H3,(H3,13,14)/t7-,8+. The fourth-order valence-corrected chi connectivity index (χ4v) is 2.24. The first-order valence-corrected chi connectivity index (χ1v) is 6.06. The molecule has 0 bridgehead atoms. The Morgan fingerprint density at radius 2 is 2.06 bits per heavy atom. The fraction of sp³-hybridized carbons (Fsp3) is 0.583. The molecule has 1 aliphatic rings. The van der Waals surface area contributed by atoms with Gasteiger partial charge in [-0.25, -0.2) is 9.97 Å². The number of aryl methyl sites for hydroxylation is 1. The molecule has 6 heteroatoms. The molecule has 18 heavy (non-hydrogen) atoms. The highest BCUT2D eigenvalue weighted by Crippen LogP contribution is 2.21. The maximum Gasteiger partial charge on any atom is 0.143 e. The molecule has 0 aromatic carbocycles. The topological polar surface area (TPSA) is 88.1 Å². The quantitative estimate of drug-likeness (QED) is 0.594. The lowest BCUT2D eigenvalue weighted by atomic mass is 10.2. The second kappa shape index (κ2) is 4.89. The van der Waals surface area contributed by atoms with Crippen molar-refractivity contribution in [3.05, 3.63) is 17.6 Å². The van der Waals surface area contributed by atoms with E-state index in [1.807, 2.05) is 20.8 Å². The molecule has 3 N–H and O–H groups in total. The van der Waals surface area contributed by atoms with Crippen molar-refractivity contribution >= 4 is 11.7 Å². The van der Waals surface area contributed by atoms with Crippen LogP contribution in [0.3, 0.4) is 0 Å². The van der Waals surface area contributed by atoms with Gasteiger partial charge in [0.15, 0.2) is 0 Å². The highest BCUT2D eigenvalue weighted by molar-refractivity contribution is 5.99. The largest absolute Gasteiger partial charge is 0.384 e. The molecule has 1 saturated heterocycles. The lowest BCUT2D eigenvalue weighted by molar-refractivity contribution is -0.00548. The molecular formula is C12H19N5O. The molecule has 2 atom stereocenters. The Labute approximate surface area is 107 Å². The summed E-state index contributed by atoms with van der Waals surface area (Å²) in [5.74, 6) is 1.41. The number of amidine groups is 1. The van der Waals surface area contributed by atoms with Gasteiger partial charge in [-0.05, 0) is 20.8 Å². The van der Waals surface area contributed by atoms with Crippen LogP contribution in [-0.2, 0) is 4.74 Å². The van der Waals surface area contributed by atoms with Gasteiger partial charge in [0.1, 0.15) is 17.5 Å². The van der Waals surface area contributed by atoms with Crippen LogP contribution in [-0.4, -0.2) is 41.1 Å². The number of anilines is 1. The third kappa shape index (κ3) is 2.59. The lowest BCUT2D eigenvalue weighted by Crippen LogP contribution is -2.46. The van der Waals surface area contributed by atoms with Crippen LogP contribution in [0.15, 0.2) is 6.20 Å². The highest BCUT2D eigenvalue weighted by atomic mass is 16.5. The zero-order valence-corrected chi connectivity index (χ0v) is 11.0. The smallest absolute Gasteiger partial charge is 0.143 e. The van der Waals surface area contributed by atoms with E-state index in [1.54, 1.807) is 6.20 Å². The van der Waals surface area contributed by atoms with E-state index in [-0.39, 0.29) is 18.0 Å². The molecule has 1 aromatic rings. The average Bonchev–Trinajstić information content (AvgIpc) is 2.27. The summed E-state index contributed by atoms with van der Waals surface area (Å²) in [5, 5.41) is 7.61. The van der Waals surface area contributed by atoms with E-state index in [9.17, 15) is 0 Å². The summed E-state index contributed by atoms with van der Waals surface area (Å²) in [7, 11) is 0. The summed E-state index contributed by atoms with van der Waals surface area (Å²) in [6.45, 7) is 7.40. The van der Waals surface area contributed by atoms with Crippen LogP contribution in [0, 0.1) is 12.3 Å². The Balaban J connectivity index is 2.36. The summed E-state index contributed by atoms with van der Waals surface area (Å²) in [6.07, 6.45) is 1.90. The molecule has 1 fully saturated rings. The van der Waals surface area contributed by atoms with E-state index in [1.165, 1.54) is 0 Å². The average molecular weight is 249 g/mol. The van der Waals surface area contributed by atoms with Gasteiger partial charge in [-0.3, -0.25) is 5.41 Å². The van der Waals surface area contributed by atoms with Gasteiger partial charge in [0, 0.05) is 19.3 Å². The lowest BCUT2D eigenvalue weighted by Gasteiger charge is -2.36. The predicted molar refractivity (Wildman–Crippen MR) is 70.0 cm³/mol. The van der Waals surface area contributed by atoms with Crippen molar-refractivity contribution in [2.45, 2.75) is 33.0 Å². The van der Waals surface area contributed by atoms with Gasteiger partial charge in [0.05, 0.1) is 17.8 Å². The molecule has 2 rings (SSSR count). The molecular weight excluding hydrogens is 230 g/mol. The molecule has 0 amide bonds. The Morgan fingerprint density at radius 3 is 2.61 bits per heavy atom. The molecule has 98 valence electrons. The number of nitrogen functional groups attached to an aromatic ring is 1. The number of hydrogen-bond donors (Lipinski definition) is 2. The van der Waals surface area contributed by atoms with Crippen LogP contribution in [0.1, 0.15) is 25.2 Å². The SMILES string of the molecule is Cc1ncc(C(=N)N)c(N2C[C@@H](C)O[C@@H](C)C2)n1. The third-order valence-electron chi connectivity index (χ3n) is 2.90. The monoisotopic (exact) mass is 249 g/mol. The van der Waals surface area contributed by atoms with Crippen LogP contribution < -0.4 is 10.6 Å². The van der Waals surface area contributed by atoms with Gasteiger partial charge < -0.3 is 15.4 Å². The summed E-state index contributed by atoms with van der Waals surface area (Å²) < 4.78 is 5.70. The van der Waals surface area contributed by atoms with Crippen LogP contribution in [0.4, 0.5) is 5.82 Å². The fourth-order valence-electron chi connectivity index (χ4n) is 2.24. The van der Waals surface area contributed by atoms with E-state index in [0.29, 0.717) is 11.4 Å². The minimum atomic E-state index is -0.00296. The number of nitrogens with zero attached hydrogens (tertiary/aromatic N) is 3. The van der Waals surface area contributed by atoms with Crippen molar-refractivity contribution in [1.29, 1.82) is 5.41 Å². The van der Waals surface area contributed by atoms with E-state index < -0.39 is 0 Å². The molecule has 0 saturated carbocycles. The first-order chi connectivity index (χ1) is 8.47. The summed E-state index contributed by atoms with van der Waals surface area (Å²) in [5.41, 5.74) is 6.17. The first-order valence-electron chi connectivity index (χ1n) is 6.06. The number of aromatic nitrogens is 2. The van der Waals surface area contributed by atoms with E-state index in [0.717, 1.165) is 18.9 Å². The van der Waals surface area contributed by atoms with Crippen molar-refractivity contribution in [2.24, 2.45) is 5.73 Å². The van der Waals surface area contributed by atoms with Gasteiger partial charge in [-0.2, -0.15) is 0 Å². The van der Waals surface area contributed by atoms with Crippen LogP contribution >= 0.6 is 0 Å². The number of hydrogen-bond acceptors (Lipinski definition) is 5. The number of rotatable bonds is 2. The van der Waals surface area contributed by atoms with E-state index in [2.05, 4.69) is 14.9 Å². The number of nitrogens with one attached hydrogen (secondary N) is 1. The van der Waals surface area contributed by atoms with Crippen LogP contribution in [0.25, 0.3) is 0 Å².